The quantitative estimate of drug-likeness (QED) is 0.539. The standard InChI is InChI=1S/C6H14NO4P/c1-2-12(10,11)4-3-5(7)6(8)9/h5H,2-4,7H2,1H3,(H,8,9)(H,10,11)/t5-/m1/s1. The summed E-state index contributed by atoms with van der Waals surface area (Å²) in [4.78, 5) is 19.3. The number of aliphatic carboxylic acids is 1. The minimum absolute atomic E-state index is 0.0169. The smallest absolute Gasteiger partial charge is 0.320 e. The monoisotopic (exact) mass is 195 g/mol. The van der Waals surface area contributed by atoms with Crippen LogP contribution in [0.15, 0.2) is 0 Å². The first-order valence-corrected chi connectivity index (χ1v) is 5.71. The molecule has 0 bridgehead atoms. The van der Waals surface area contributed by atoms with E-state index in [1.165, 1.54) is 0 Å². The highest BCUT2D eigenvalue weighted by molar-refractivity contribution is 7.57. The summed E-state index contributed by atoms with van der Waals surface area (Å²) >= 11 is 0. The second-order valence-corrected chi connectivity index (χ2v) is 5.39. The van der Waals surface area contributed by atoms with E-state index in [4.69, 9.17) is 15.7 Å². The third kappa shape index (κ3) is 4.49. The highest BCUT2D eigenvalue weighted by atomic mass is 31.2. The summed E-state index contributed by atoms with van der Waals surface area (Å²) in [6, 6.07) is -1.03. The molecule has 1 unspecified atom stereocenters. The van der Waals surface area contributed by atoms with Gasteiger partial charge in [-0.25, -0.2) is 0 Å². The molecule has 4 N–H and O–H groups in total. The van der Waals surface area contributed by atoms with Crippen LogP contribution in [0.25, 0.3) is 0 Å². The summed E-state index contributed by atoms with van der Waals surface area (Å²) in [5, 5.41) is 8.36. The lowest BCUT2D eigenvalue weighted by atomic mass is 10.2. The largest absolute Gasteiger partial charge is 0.480 e. The van der Waals surface area contributed by atoms with Gasteiger partial charge in [0, 0.05) is 12.3 Å². The zero-order chi connectivity index (χ0) is 9.78. The van der Waals surface area contributed by atoms with E-state index in [1.807, 2.05) is 0 Å². The molecule has 0 spiro atoms. The fourth-order valence-electron chi connectivity index (χ4n) is 0.622. The number of nitrogens with two attached hydrogens (primary N) is 1. The molecule has 6 heteroatoms. The van der Waals surface area contributed by atoms with Gasteiger partial charge in [0.15, 0.2) is 7.37 Å². The van der Waals surface area contributed by atoms with Crippen LogP contribution in [0.5, 0.6) is 0 Å². The normalized spacial score (nSPS) is 18.2. The van der Waals surface area contributed by atoms with Crippen LogP contribution in [-0.2, 0) is 9.36 Å². The maximum Gasteiger partial charge on any atom is 0.320 e. The predicted octanol–water partition coefficient (Wildman–Crippen LogP) is 0.0787. The SMILES string of the molecule is CCP(=O)(O)CC[C@@H](N)C(=O)O. The van der Waals surface area contributed by atoms with Crippen LogP contribution < -0.4 is 5.73 Å². The lowest BCUT2D eigenvalue weighted by Crippen LogP contribution is -2.30. The Kier molecular flexibility index (Phi) is 4.45. The van der Waals surface area contributed by atoms with Gasteiger partial charge in [0.1, 0.15) is 6.04 Å². The molecule has 0 aromatic rings. The van der Waals surface area contributed by atoms with Crippen LogP contribution in [0.2, 0.25) is 0 Å². The summed E-state index contributed by atoms with van der Waals surface area (Å²) in [6.45, 7) is 1.59. The van der Waals surface area contributed by atoms with Gasteiger partial charge in [0.05, 0.1) is 0 Å². The van der Waals surface area contributed by atoms with Gasteiger partial charge < -0.3 is 15.7 Å². The molecule has 0 rings (SSSR count). The molecule has 72 valence electrons. The topological polar surface area (TPSA) is 101 Å². The zero-order valence-electron chi connectivity index (χ0n) is 6.93. The van der Waals surface area contributed by atoms with Crippen molar-refractivity contribution in [3.8, 4) is 0 Å². The van der Waals surface area contributed by atoms with Crippen molar-refractivity contribution in [1.82, 2.24) is 0 Å². The Labute approximate surface area is 71.0 Å². The first-order chi connectivity index (χ1) is 5.39. The van der Waals surface area contributed by atoms with Crippen molar-refractivity contribution in [2.45, 2.75) is 19.4 Å². The van der Waals surface area contributed by atoms with Gasteiger partial charge >= 0.3 is 5.97 Å². The molecule has 0 aromatic carbocycles. The number of carboxylic acids is 1. The summed E-state index contributed by atoms with van der Waals surface area (Å²) in [6.07, 6.45) is 0.202. The molecule has 0 fully saturated rings. The van der Waals surface area contributed by atoms with Crippen molar-refractivity contribution < 1.29 is 19.4 Å². The van der Waals surface area contributed by atoms with Crippen LogP contribution in [0.4, 0.5) is 0 Å². The van der Waals surface area contributed by atoms with E-state index in [-0.39, 0.29) is 18.7 Å². The lowest BCUT2D eigenvalue weighted by molar-refractivity contribution is -0.138. The fraction of sp³-hybridized carbons (Fsp3) is 0.833. The van der Waals surface area contributed by atoms with Crippen molar-refractivity contribution in [3.05, 3.63) is 0 Å². The van der Waals surface area contributed by atoms with E-state index in [0.717, 1.165) is 0 Å². The lowest BCUT2D eigenvalue weighted by Gasteiger charge is -2.10. The van der Waals surface area contributed by atoms with Gasteiger partial charge in [-0.2, -0.15) is 0 Å². The zero-order valence-corrected chi connectivity index (χ0v) is 7.83. The van der Waals surface area contributed by atoms with E-state index in [1.54, 1.807) is 6.92 Å². The molecular weight excluding hydrogens is 181 g/mol. The van der Waals surface area contributed by atoms with Gasteiger partial charge in [-0.3, -0.25) is 9.36 Å². The molecule has 0 aliphatic heterocycles. The Hall–Kier alpha value is -0.380. The van der Waals surface area contributed by atoms with E-state index in [2.05, 4.69) is 0 Å². The minimum atomic E-state index is -3.11. The molecule has 0 aliphatic rings. The van der Waals surface area contributed by atoms with Gasteiger partial charge in [-0.15, -0.1) is 0 Å². The van der Waals surface area contributed by atoms with Gasteiger partial charge in [-0.05, 0) is 6.42 Å². The summed E-state index contributed by atoms with van der Waals surface area (Å²) in [5.74, 6) is -1.13. The molecule has 0 saturated carbocycles. The van der Waals surface area contributed by atoms with Crippen molar-refractivity contribution in [2.24, 2.45) is 5.73 Å². The molecule has 0 aliphatic carbocycles. The molecule has 5 nitrogen and oxygen atoms in total. The van der Waals surface area contributed by atoms with E-state index in [0.29, 0.717) is 0 Å². The Morgan fingerprint density at radius 3 is 2.50 bits per heavy atom. The van der Waals surface area contributed by atoms with Crippen molar-refractivity contribution in [1.29, 1.82) is 0 Å². The van der Waals surface area contributed by atoms with Crippen LogP contribution >= 0.6 is 7.37 Å². The molecule has 0 heterocycles. The minimum Gasteiger partial charge on any atom is -0.480 e. The van der Waals surface area contributed by atoms with Crippen LogP contribution in [0.1, 0.15) is 13.3 Å². The maximum absolute atomic E-state index is 11.0. The van der Waals surface area contributed by atoms with Gasteiger partial charge in [0.25, 0.3) is 0 Å². The van der Waals surface area contributed by atoms with Crippen molar-refractivity contribution >= 4 is 13.3 Å². The van der Waals surface area contributed by atoms with Gasteiger partial charge in [0.2, 0.25) is 0 Å². The molecular formula is C6H14NO4P. The first kappa shape index (κ1) is 11.6. The maximum atomic E-state index is 11.0. The molecule has 0 aromatic heterocycles. The molecule has 0 amide bonds. The second-order valence-electron chi connectivity index (χ2n) is 2.62. The average molecular weight is 195 g/mol. The number of rotatable bonds is 5. The van der Waals surface area contributed by atoms with Crippen LogP contribution in [0.3, 0.4) is 0 Å². The van der Waals surface area contributed by atoms with Crippen molar-refractivity contribution in [3.63, 3.8) is 0 Å². The highest BCUT2D eigenvalue weighted by Gasteiger charge is 2.19. The molecule has 12 heavy (non-hydrogen) atoms. The molecule has 0 saturated heterocycles. The van der Waals surface area contributed by atoms with E-state index in [9.17, 15) is 9.36 Å². The van der Waals surface area contributed by atoms with E-state index >= 15 is 0 Å². The molecule has 2 atom stereocenters. The second kappa shape index (κ2) is 4.60. The third-order valence-corrected chi connectivity index (χ3v) is 3.55. The van der Waals surface area contributed by atoms with Gasteiger partial charge in [-0.1, -0.05) is 6.92 Å². The fourth-order valence-corrected chi connectivity index (χ4v) is 1.62. The number of carboxylic acid groups (broad SMARTS) is 1. The third-order valence-electron chi connectivity index (χ3n) is 1.60. The Morgan fingerprint density at radius 2 is 2.17 bits per heavy atom. The van der Waals surface area contributed by atoms with Crippen LogP contribution in [0, 0.1) is 0 Å². The predicted molar refractivity (Wildman–Crippen MR) is 45.5 cm³/mol. The van der Waals surface area contributed by atoms with Crippen LogP contribution in [-0.4, -0.2) is 34.3 Å². The average Bonchev–Trinajstić information content (AvgIpc) is 2.00. The number of hydrogen-bond acceptors (Lipinski definition) is 3. The van der Waals surface area contributed by atoms with E-state index < -0.39 is 19.4 Å². The first-order valence-electron chi connectivity index (χ1n) is 3.68. The highest BCUT2D eigenvalue weighted by Crippen LogP contribution is 2.40. The summed E-state index contributed by atoms with van der Waals surface area (Å²) < 4.78 is 11.0. The summed E-state index contributed by atoms with van der Waals surface area (Å²) in [7, 11) is -3.11. The number of carbonyl (C=O) groups is 1. The molecule has 0 radical (unpaired) electrons. The summed E-state index contributed by atoms with van der Waals surface area (Å²) in [5.41, 5.74) is 5.15. The van der Waals surface area contributed by atoms with Crippen molar-refractivity contribution in [2.75, 3.05) is 12.3 Å². The Morgan fingerprint density at radius 1 is 1.67 bits per heavy atom. The Balaban J connectivity index is 3.83. The number of hydrogen-bond donors (Lipinski definition) is 3. The Bertz CT molecular complexity index is 206.